The topological polar surface area (TPSA) is 55.9 Å². The van der Waals surface area contributed by atoms with Crippen LogP contribution in [0.1, 0.15) is 5.69 Å². The Kier molecular flexibility index (Phi) is 4.15. The lowest BCUT2D eigenvalue weighted by Gasteiger charge is -2.13. The Labute approximate surface area is 142 Å². The summed E-state index contributed by atoms with van der Waals surface area (Å²) in [5, 5.41) is 7.58. The predicted octanol–water partition coefficient (Wildman–Crippen LogP) is 4.65. The van der Waals surface area contributed by atoms with Gasteiger partial charge < -0.3 is 11.1 Å². The molecule has 1 heterocycles. The van der Waals surface area contributed by atoms with Crippen molar-refractivity contribution < 1.29 is 8.78 Å². The summed E-state index contributed by atoms with van der Waals surface area (Å²) in [5.41, 5.74) is 8.20. The Morgan fingerprint density at radius 3 is 2.62 bits per heavy atom. The SMILES string of the molecule is Cc1nn(C)c(Nc2c(N)cccc2F)c1-c1ccc(F)cc1Cl. The summed E-state index contributed by atoms with van der Waals surface area (Å²) in [7, 11) is 1.72. The second kappa shape index (κ2) is 6.13. The summed E-state index contributed by atoms with van der Waals surface area (Å²) in [6, 6.07) is 8.55. The van der Waals surface area contributed by atoms with Crippen LogP contribution in [0.15, 0.2) is 36.4 Å². The third-order valence-corrected chi connectivity index (χ3v) is 4.02. The van der Waals surface area contributed by atoms with Gasteiger partial charge in [-0.3, -0.25) is 4.68 Å². The molecule has 3 rings (SSSR count). The summed E-state index contributed by atoms with van der Waals surface area (Å²) >= 11 is 6.18. The number of aryl methyl sites for hydroxylation is 2. The minimum atomic E-state index is -0.481. The lowest BCUT2D eigenvalue weighted by atomic mass is 10.1. The number of rotatable bonds is 3. The van der Waals surface area contributed by atoms with E-state index in [1.54, 1.807) is 30.8 Å². The largest absolute Gasteiger partial charge is 0.397 e. The van der Waals surface area contributed by atoms with Crippen molar-refractivity contribution in [3.63, 3.8) is 0 Å². The molecule has 0 unspecified atom stereocenters. The second-order valence-corrected chi connectivity index (χ2v) is 5.79. The predicted molar refractivity (Wildman–Crippen MR) is 92.4 cm³/mol. The molecular formula is C17H15ClF2N4. The standard InChI is InChI=1S/C17H15ClF2N4/c1-9-15(11-7-6-10(19)8-12(11)18)17(24(2)23-9)22-16-13(20)4-3-5-14(16)21/h3-8,22H,21H2,1-2H3. The van der Waals surface area contributed by atoms with E-state index in [0.29, 0.717) is 22.6 Å². The summed E-state index contributed by atoms with van der Waals surface area (Å²) in [5.74, 6) is -0.402. The third-order valence-electron chi connectivity index (χ3n) is 3.71. The van der Waals surface area contributed by atoms with Crippen LogP contribution >= 0.6 is 11.6 Å². The van der Waals surface area contributed by atoms with E-state index in [2.05, 4.69) is 10.4 Å². The molecule has 0 spiro atoms. The zero-order valence-corrected chi connectivity index (χ0v) is 13.8. The van der Waals surface area contributed by atoms with Gasteiger partial charge >= 0.3 is 0 Å². The van der Waals surface area contributed by atoms with Crippen molar-refractivity contribution in [2.24, 2.45) is 7.05 Å². The minimum Gasteiger partial charge on any atom is -0.397 e. The molecule has 0 radical (unpaired) electrons. The normalized spacial score (nSPS) is 10.9. The van der Waals surface area contributed by atoms with E-state index < -0.39 is 11.6 Å². The van der Waals surface area contributed by atoms with Crippen LogP contribution in [-0.2, 0) is 7.05 Å². The van der Waals surface area contributed by atoms with Crippen LogP contribution in [0.5, 0.6) is 0 Å². The number of para-hydroxylation sites is 1. The van der Waals surface area contributed by atoms with Crippen molar-refractivity contribution in [3.05, 3.63) is 58.7 Å². The van der Waals surface area contributed by atoms with E-state index in [1.165, 1.54) is 24.3 Å². The number of nitrogen functional groups attached to an aromatic ring is 1. The number of nitrogens with two attached hydrogens (primary N) is 1. The first kappa shape index (κ1) is 16.3. The van der Waals surface area contributed by atoms with Crippen molar-refractivity contribution in [3.8, 4) is 11.1 Å². The number of hydrogen-bond acceptors (Lipinski definition) is 3. The molecule has 0 aliphatic heterocycles. The molecule has 0 aliphatic rings. The van der Waals surface area contributed by atoms with Crippen LogP contribution in [0.25, 0.3) is 11.1 Å². The van der Waals surface area contributed by atoms with Gasteiger partial charge in [-0.1, -0.05) is 17.7 Å². The Bertz CT molecular complexity index is 901. The average molecular weight is 349 g/mol. The number of aromatic nitrogens is 2. The van der Waals surface area contributed by atoms with Gasteiger partial charge in [0.25, 0.3) is 0 Å². The molecule has 3 aromatic rings. The highest BCUT2D eigenvalue weighted by Gasteiger charge is 2.19. The number of anilines is 3. The fourth-order valence-electron chi connectivity index (χ4n) is 2.61. The van der Waals surface area contributed by atoms with Crippen LogP contribution in [0.2, 0.25) is 5.02 Å². The van der Waals surface area contributed by atoms with Gasteiger partial charge in [-0.2, -0.15) is 5.10 Å². The maximum absolute atomic E-state index is 14.1. The van der Waals surface area contributed by atoms with Crippen molar-refractivity contribution in [2.75, 3.05) is 11.1 Å². The molecule has 2 aromatic carbocycles. The third kappa shape index (κ3) is 2.80. The summed E-state index contributed by atoms with van der Waals surface area (Å²) in [6.07, 6.45) is 0. The Balaban J connectivity index is 2.16. The average Bonchev–Trinajstić information content (AvgIpc) is 2.77. The van der Waals surface area contributed by atoms with E-state index in [4.69, 9.17) is 17.3 Å². The summed E-state index contributed by atoms with van der Waals surface area (Å²) in [4.78, 5) is 0. The first-order chi connectivity index (χ1) is 11.4. The van der Waals surface area contributed by atoms with Crippen LogP contribution in [0.4, 0.5) is 26.0 Å². The summed E-state index contributed by atoms with van der Waals surface area (Å²) in [6.45, 7) is 1.80. The van der Waals surface area contributed by atoms with Crippen LogP contribution in [-0.4, -0.2) is 9.78 Å². The van der Waals surface area contributed by atoms with E-state index >= 15 is 0 Å². The van der Waals surface area contributed by atoms with Gasteiger partial charge in [-0.05, 0) is 37.3 Å². The lowest BCUT2D eigenvalue weighted by molar-refractivity contribution is 0.628. The monoisotopic (exact) mass is 348 g/mol. The number of halogens is 3. The van der Waals surface area contributed by atoms with Crippen LogP contribution in [0.3, 0.4) is 0 Å². The number of nitrogens with one attached hydrogen (secondary N) is 1. The van der Waals surface area contributed by atoms with Crippen LogP contribution < -0.4 is 11.1 Å². The molecule has 0 aliphatic carbocycles. The highest BCUT2D eigenvalue weighted by molar-refractivity contribution is 6.33. The zero-order chi connectivity index (χ0) is 17.4. The molecule has 24 heavy (non-hydrogen) atoms. The molecule has 124 valence electrons. The molecule has 0 bridgehead atoms. The van der Waals surface area contributed by atoms with Crippen LogP contribution in [0, 0.1) is 18.6 Å². The number of hydrogen-bond donors (Lipinski definition) is 2. The van der Waals surface area contributed by atoms with E-state index in [0.717, 1.165) is 0 Å². The molecular weight excluding hydrogens is 334 g/mol. The molecule has 0 saturated heterocycles. The number of nitrogens with zero attached hydrogens (tertiary/aromatic N) is 2. The highest BCUT2D eigenvalue weighted by Crippen LogP contribution is 2.38. The quantitative estimate of drug-likeness (QED) is 0.677. The maximum Gasteiger partial charge on any atom is 0.148 e. The summed E-state index contributed by atoms with van der Waals surface area (Å²) < 4.78 is 29.0. The van der Waals surface area contributed by atoms with E-state index in [-0.39, 0.29) is 16.4 Å². The van der Waals surface area contributed by atoms with Gasteiger partial charge in [0.05, 0.1) is 22.1 Å². The molecule has 0 atom stereocenters. The van der Waals surface area contributed by atoms with Gasteiger partial charge in [0.2, 0.25) is 0 Å². The van der Waals surface area contributed by atoms with Gasteiger partial charge in [0, 0.05) is 18.2 Å². The number of benzene rings is 2. The van der Waals surface area contributed by atoms with Gasteiger partial charge in [-0.25, -0.2) is 8.78 Å². The fraction of sp³-hybridized carbons (Fsp3) is 0.118. The lowest BCUT2D eigenvalue weighted by Crippen LogP contribution is -2.04. The van der Waals surface area contributed by atoms with Gasteiger partial charge in [-0.15, -0.1) is 0 Å². The highest BCUT2D eigenvalue weighted by atomic mass is 35.5. The van der Waals surface area contributed by atoms with Crippen molar-refractivity contribution in [1.29, 1.82) is 0 Å². The molecule has 0 amide bonds. The Morgan fingerprint density at radius 1 is 1.21 bits per heavy atom. The molecule has 4 nitrogen and oxygen atoms in total. The van der Waals surface area contributed by atoms with Crippen molar-refractivity contribution >= 4 is 28.8 Å². The van der Waals surface area contributed by atoms with E-state index in [1.807, 2.05) is 0 Å². The molecule has 0 fully saturated rings. The minimum absolute atomic E-state index is 0.153. The molecule has 7 heteroatoms. The molecule has 0 saturated carbocycles. The fourth-order valence-corrected chi connectivity index (χ4v) is 2.87. The smallest absolute Gasteiger partial charge is 0.148 e. The second-order valence-electron chi connectivity index (χ2n) is 5.39. The zero-order valence-electron chi connectivity index (χ0n) is 13.1. The van der Waals surface area contributed by atoms with Crippen molar-refractivity contribution in [1.82, 2.24) is 9.78 Å². The molecule has 1 aromatic heterocycles. The Hall–Kier alpha value is -2.60. The van der Waals surface area contributed by atoms with E-state index in [9.17, 15) is 8.78 Å². The van der Waals surface area contributed by atoms with Gasteiger partial charge in [0.1, 0.15) is 17.5 Å². The van der Waals surface area contributed by atoms with Gasteiger partial charge in [0.15, 0.2) is 0 Å². The first-order valence-electron chi connectivity index (χ1n) is 7.18. The first-order valence-corrected chi connectivity index (χ1v) is 7.56. The maximum atomic E-state index is 14.1. The van der Waals surface area contributed by atoms with Crippen molar-refractivity contribution in [2.45, 2.75) is 6.92 Å². The molecule has 3 N–H and O–H groups in total. The Morgan fingerprint density at radius 2 is 1.96 bits per heavy atom.